The first kappa shape index (κ1) is 16.2. The van der Waals surface area contributed by atoms with Crippen molar-refractivity contribution in [2.24, 2.45) is 11.7 Å². The normalized spacial score (nSPS) is 10.4. The molecule has 0 aromatic heterocycles. The zero-order valence-electron chi connectivity index (χ0n) is 12.1. The molecule has 5 heteroatoms. The van der Waals surface area contributed by atoms with Gasteiger partial charge in [-0.2, -0.15) is 0 Å². The van der Waals surface area contributed by atoms with Crippen molar-refractivity contribution in [2.75, 3.05) is 11.9 Å². The fourth-order valence-corrected chi connectivity index (χ4v) is 1.76. The van der Waals surface area contributed by atoms with Crippen LogP contribution in [0.25, 0.3) is 0 Å². The Morgan fingerprint density at radius 2 is 2.00 bits per heavy atom. The van der Waals surface area contributed by atoms with Crippen LogP contribution in [-0.2, 0) is 16.1 Å². The lowest BCUT2D eigenvalue weighted by atomic mass is 10.1. The molecule has 0 aliphatic rings. The number of amides is 2. The van der Waals surface area contributed by atoms with Crippen molar-refractivity contribution in [1.29, 1.82) is 0 Å². The van der Waals surface area contributed by atoms with Gasteiger partial charge in [0.15, 0.2) is 0 Å². The van der Waals surface area contributed by atoms with Crippen molar-refractivity contribution in [3.63, 3.8) is 0 Å². The van der Waals surface area contributed by atoms with Gasteiger partial charge in [0.2, 0.25) is 11.8 Å². The minimum absolute atomic E-state index is 0.00400. The van der Waals surface area contributed by atoms with Crippen molar-refractivity contribution in [3.8, 4) is 0 Å². The molecule has 110 valence electrons. The van der Waals surface area contributed by atoms with E-state index in [0.717, 1.165) is 11.3 Å². The maximum Gasteiger partial charge on any atom is 0.224 e. The monoisotopic (exact) mass is 277 g/mol. The summed E-state index contributed by atoms with van der Waals surface area (Å²) in [6, 6.07) is 7.46. The summed E-state index contributed by atoms with van der Waals surface area (Å²) in [7, 11) is 0. The summed E-state index contributed by atoms with van der Waals surface area (Å²) in [6.07, 6.45) is 0.822. The molecule has 0 aliphatic heterocycles. The Kier molecular flexibility index (Phi) is 6.73. The molecule has 2 amide bonds. The maximum absolute atomic E-state index is 11.7. The smallest absolute Gasteiger partial charge is 0.224 e. The van der Waals surface area contributed by atoms with E-state index in [1.807, 2.05) is 38.1 Å². The largest absolute Gasteiger partial charge is 0.352 e. The topological polar surface area (TPSA) is 84.2 Å². The number of hydrogen-bond donors (Lipinski definition) is 3. The SMILES string of the molecule is CC(C)CC(=O)Nc1cccc(CNC(=O)CCN)c1. The zero-order chi connectivity index (χ0) is 15.0. The van der Waals surface area contributed by atoms with Crippen LogP contribution < -0.4 is 16.4 Å². The molecule has 5 nitrogen and oxygen atoms in total. The van der Waals surface area contributed by atoms with E-state index < -0.39 is 0 Å². The summed E-state index contributed by atoms with van der Waals surface area (Å²) in [5.41, 5.74) is 7.00. The second kappa shape index (κ2) is 8.32. The van der Waals surface area contributed by atoms with Gasteiger partial charge in [0.1, 0.15) is 0 Å². The molecular weight excluding hydrogens is 254 g/mol. The molecule has 1 aromatic carbocycles. The number of benzene rings is 1. The van der Waals surface area contributed by atoms with Crippen LogP contribution in [0.1, 0.15) is 32.3 Å². The van der Waals surface area contributed by atoms with Gasteiger partial charge in [-0.1, -0.05) is 26.0 Å². The van der Waals surface area contributed by atoms with E-state index in [2.05, 4.69) is 10.6 Å². The predicted octanol–water partition coefficient (Wildman–Crippen LogP) is 1.64. The highest BCUT2D eigenvalue weighted by Gasteiger charge is 2.06. The summed E-state index contributed by atoms with van der Waals surface area (Å²) >= 11 is 0. The second-order valence-electron chi connectivity index (χ2n) is 5.16. The number of rotatable bonds is 7. The van der Waals surface area contributed by atoms with Gasteiger partial charge < -0.3 is 16.4 Å². The molecule has 0 radical (unpaired) electrons. The quantitative estimate of drug-likeness (QED) is 0.708. The van der Waals surface area contributed by atoms with Crippen LogP contribution in [0.2, 0.25) is 0 Å². The van der Waals surface area contributed by atoms with Gasteiger partial charge in [0.05, 0.1) is 0 Å². The Bertz CT molecular complexity index is 458. The highest BCUT2D eigenvalue weighted by atomic mass is 16.2. The average Bonchev–Trinajstić information content (AvgIpc) is 2.36. The molecule has 20 heavy (non-hydrogen) atoms. The highest BCUT2D eigenvalue weighted by molar-refractivity contribution is 5.90. The van der Waals surface area contributed by atoms with Crippen molar-refractivity contribution in [1.82, 2.24) is 5.32 Å². The number of nitrogens with two attached hydrogens (primary N) is 1. The molecule has 0 spiro atoms. The minimum Gasteiger partial charge on any atom is -0.352 e. The number of carbonyl (C=O) groups excluding carboxylic acids is 2. The van der Waals surface area contributed by atoms with E-state index in [4.69, 9.17) is 5.73 Å². The van der Waals surface area contributed by atoms with Gasteiger partial charge in [0, 0.05) is 31.6 Å². The number of carbonyl (C=O) groups is 2. The van der Waals surface area contributed by atoms with Gasteiger partial charge in [-0.3, -0.25) is 9.59 Å². The third kappa shape index (κ3) is 6.33. The average molecular weight is 277 g/mol. The molecule has 0 heterocycles. The van der Waals surface area contributed by atoms with Gasteiger partial charge in [-0.15, -0.1) is 0 Å². The lowest BCUT2D eigenvalue weighted by Gasteiger charge is -2.09. The molecule has 0 unspecified atom stereocenters. The standard InChI is InChI=1S/C15H23N3O2/c1-11(2)8-15(20)18-13-5-3-4-12(9-13)10-17-14(19)6-7-16/h3-5,9,11H,6-8,10,16H2,1-2H3,(H,17,19)(H,18,20). The van der Waals surface area contributed by atoms with Crippen LogP contribution in [0, 0.1) is 5.92 Å². The number of hydrogen-bond acceptors (Lipinski definition) is 3. The molecule has 0 saturated heterocycles. The minimum atomic E-state index is -0.0678. The zero-order valence-corrected chi connectivity index (χ0v) is 12.1. The number of anilines is 1. The van der Waals surface area contributed by atoms with Crippen LogP contribution in [0.5, 0.6) is 0 Å². The Balaban J connectivity index is 2.53. The molecule has 0 atom stereocenters. The van der Waals surface area contributed by atoms with E-state index in [1.165, 1.54) is 0 Å². The molecule has 1 aromatic rings. The Morgan fingerprint density at radius 1 is 1.25 bits per heavy atom. The Labute approximate surface area is 119 Å². The summed E-state index contributed by atoms with van der Waals surface area (Å²) < 4.78 is 0. The lowest BCUT2D eigenvalue weighted by molar-refractivity contribution is -0.121. The first-order valence-corrected chi connectivity index (χ1v) is 6.87. The third-order valence-corrected chi connectivity index (χ3v) is 2.67. The second-order valence-corrected chi connectivity index (χ2v) is 5.16. The fraction of sp³-hybridized carbons (Fsp3) is 0.467. The molecule has 0 bridgehead atoms. The van der Waals surface area contributed by atoms with Crippen LogP contribution >= 0.6 is 0 Å². The predicted molar refractivity (Wildman–Crippen MR) is 80.0 cm³/mol. The van der Waals surface area contributed by atoms with Gasteiger partial charge in [0.25, 0.3) is 0 Å². The van der Waals surface area contributed by atoms with E-state index in [9.17, 15) is 9.59 Å². The molecule has 1 rings (SSSR count). The van der Waals surface area contributed by atoms with Gasteiger partial charge in [-0.25, -0.2) is 0 Å². The summed E-state index contributed by atoms with van der Waals surface area (Å²) in [5, 5.41) is 5.64. The van der Waals surface area contributed by atoms with E-state index in [1.54, 1.807) is 0 Å². The Hall–Kier alpha value is -1.88. The van der Waals surface area contributed by atoms with Crippen LogP contribution in [0.15, 0.2) is 24.3 Å². The Morgan fingerprint density at radius 3 is 2.65 bits per heavy atom. The highest BCUT2D eigenvalue weighted by Crippen LogP contribution is 2.12. The van der Waals surface area contributed by atoms with Crippen LogP contribution in [0.4, 0.5) is 5.69 Å². The van der Waals surface area contributed by atoms with E-state index in [0.29, 0.717) is 31.8 Å². The van der Waals surface area contributed by atoms with Gasteiger partial charge >= 0.3 is 0 Å². The first-order valence-electron chi connectivity index (χ1n) is 6.87. The molecular formula is C15H23N3O2. The van der Waals surface area contributed by atoms with Crippen molar-refractivity contribution < 1.29 is 9.59 Å². The van der Waals surface area contributed by atoms with Crippen molar-refractivity contribution >= 4 is 17.5 Å². The summed E-state index contributed by atoms with van der Waals surface area (Å²) in [5.74, 6) is 0.264. The fourth-order valence-electron chi connectivity index (χ4n) is 1.76. The van der Waals surface area contributed by atoms with Gasteiger partial charge in [-0.05, 0) is 23.6 Å². The lowest BCUT2D eigenvalue weighted by Crippen LogP contribution is -2.25. The molecule has 4 N–H and O–H groups in total. The van der Waals surface area contributed by atoms with E-state index >= 15 is 0 Å². The molecule has 0 saturated carbocycles. The van der Waals surface area contributed by atoms with Crippen LogP contribution in [-0.4, -0.2) is 18.4 Å². The molecule has 0 aliphatic carbocycles. The van der Waals surface area contributed by atoms with E-state index in [-0.39, 0.29) is 11.8 Å². The molecule has 0 fully saturated rings. The summed E-state index contributed by atoms with van der Waals surface area (Å²) in [6.45, 7) is 4.79. The van der Waals surface area contributed by atoms with Crippen LogP contribution in [0.3, 0.4) is 0 Å². The third-order valence-electron chi connectivity index (χ3n) is 2.67. The summed E-state index contributed by atoms with van der Waals surface area (Å²) in [4.78, 5) is 23.0. The maximum atomic E-state index is 11.7. The van der Waals surface area contributed by atoms with Crippen molar-refractivity contribution in [2.45, 2.75) is 33.2 Å². The number of nitrogens with one attached hydrogen (secondary N) is 2. The van der Waals surface area contributed by atoms with Crippen molar-refractivity contribution in [3.05, 3.63) is 29.8 Å². The first-order chi connectivity index (χ1) is 9.51.